The molecule has 0 aliphatic rings. The Kier molecular flexibility index (Phi) is 8.24. The highest BCUT2D eigenvalue weighted by molar-refractivity contribution is 7.26. The molecule has 3 heterocycles. The Labute approximate surface area is 321 Å². The minimum Gasteiger partial charge on any atom is -0.208 e. The third-order valence-electron chi connectivity index (χ3n) is 9.61. The molecule has 0 atom stereocenters. The molecular formula is C48H30N6S. The lowest BCUT2D eigenvalue weighted by Gasteiger charge is -2.10. The number of hydrogen-bond donors (Lipinski definition) is 0. The molecule has 10 aromatic rings. The molecule has 0 fully saturated rings. The molecular weight excluding hydrogens is 693 g/mol. The second-order valence-corrected chi connectivity index (χ2v) is 14.2. The van der Waals surface area contributed by atoms with Crippen molar-refractivity contribution < 1.29 is 0 Å². The molecule has 0 aliphatic carbocycles. The predicted molar refractivity (Wildman–Crippen MR) is 224 cm³/mol. The van der Waals surface area contributed by atoms with Gasteiger partial charge in [-0.25, -0.2) is 29.9 Å². The van der Waals surface area contributed by atoms with E-state index in [1.54, 1.807) is 11.3 Å². The van der Waals surface area contributed by atoms with Crippen LogP contribution in [0.4, 0.5) is 0 Å². The van der Waals surface area contributed by atoms with Crippen molar-refractivity contribution in [3.05, 3.63) is 182 Å². The monoisotopic (exact) mass is 722 g/mol. The Morgan fingerprint density at radius 2 is 0.655 bits per heavy atom. The molecule has 0 N–H and O–H groups in total. The van der Waals surface area contributed by atoms with E-state index in [1.807, 2.05) is 97.1 Å². The molecule has 10 rings (SSSR count). The number of thiophene rings is 1. The molecule has 0 saturated heterocycles. The fourth-order valence-electron chi connectivity index (χ4n) is 6.87. The number of rotatable bonds is 7. The van der Waals surface area contributed by atoms with Gasteiger partial charge in [0.05, 0.1) is 0 Å². The Hall–Kier alpha value is -7.22. The Bertz CT molecular complexity index is 2890. The zero-order valence-corrected chi connectivity index (χ0v) is 30.2. The molecule has 0 radical (unpaired) electrons. The van der Waals surface area contributed by atoms with Crippen LogP contribution in [0.1, 0.15) is 0 Å². The Morgan fingerprint density at radius 1 is 0.273 bits per heavy atom. The molecule has 0 aliphatic heterocycles. The average molecular weight is 723 g/mol. The summed E-state index contributed by atoms with van der Waals surface area (Å²) in [6.07, 6.45) is 0. The molecule has 258 valence electrons. The van der Waals surface area contributed by atoms with E-state index in [4.69, 9.17) is 29.9 Å². The molecule has 0 amide bonds. The van der Waals surface area contributed by atoms with Gasteiger partial charge in [-0.2, -0.15) is 0 Å². The number of hydrogen-bond acceptors (Lipinski definition) is 7. The zero-order valence-electron chi connectivity index (χ0n) is 29.4. The standard InChI is InChI=1S/C48H30N6S/c1-5-14-31(15-6-1)32-24-26-36(27-25-32)46-50-45(35-20-11-4-12-21-35)53-48(54-46)38-22-13-23-41-42(38)39-30-37(28-29-40(39)55-41)47-51-43(33-16-7-2-8-17-33)49-44(52-47)34-18-9-3-10-19-34/h1-30H. The van der Waals surface area contributed by atoms with Crippen LogP contribution in [0.5, 0.6) is 0 Å². The highest BCUT2D eigenvalue weighted by Gasteiger charge is 2.19. The number of benzene rings is 7. The van der Waals surface area contributed by atoms with Crippen LogP contribution in [0.3, 0.4) is 0 Å². The minimum atomic E-state index is 0.610. The van der Waals surface area contributed by atoms with E-state index in [-0.39, 0.29) is 0 Å². The van der Waals surface area contributed by atoms with E-state index in [0.29, 0.717) is 34.9 Å². The van der Waals surface area contributed by atoms with Gasteiger partial charge in [0.1, 0.15) is 0 Å². The topological polar surface area (TPSA) is 77.3 Å². The molecule has 3 aromatic heterocycles. The minimum absolute atomic E-state index is 0.610. The average Bonchev–Trinajstić information content (AvgIpc) is 3.66. The van der Waals surface area contributed by atoms with E-state index in [0.717, 1.165) is 64.7 Å². The van der Waals surface area contributed by atoms with Crippen molar-refractivity contribution in [3.8, 4) is 79.5 Å². The summed E-state index contributed by atoms with van der Waals surface area (Å²) in [4.78, 5) is 30.2. The Morgan fingerprint density at radius 3 is 1.16 bits per heavy atom. The maximum absolute atomic E-state index is 5.16. The lowest BCUT2D eigenvalue weighted by Crippen LogP contribution is -2.00. The highest BCUT2D eigenvalue weighted by Crippen LogP contribution is 2.41. The van der Waals surface area contributed by atoms with Crippen LogP contribution in [0.2, 0.25) is 0 Å². The normalized spacial score (nSPS) is 11.3. The van der Waals surface area contributed by atoms with Crippen molar-refractivity contribution in [2.24, 2.45) is 0 Å². The first-order chi connectivity index (χ1) is 27.2. The lowest BCUT2D eigenvalue weighted by atomic mass is 10.0. The van der Waals surface area contributed by atoms with Gasteiger partial charge in [-0.05, 0) is 35.4 Å². The first-order valence-corrected chi connectivity index (χ1v) is 18.9. The van der Waals surface area contributed by atoms with Crippen molar-refractivity contribution in [2.75, 3.05) is 0 Å². The smallest absolute Gasteiger partial charge is 0.164 e. The van der Waals surface area contributed by atoms with Crippen molar-refractivity contribution in [1.82, 2.24) is 29.9 Å². The molecule has 0 spiro atoms. The van der Waals surface area contributed by atoms with Crippen LogP contribution in [-0.2, 0) is 0 Å². The van der Waals surface area contributed by atoms with Crippen LogP contribution < -0.4 is 0 Å². The maximum atomic E-state index is 5.16. The van der Waals surface area contributed by atoms with Crippen LogP contribution in [0.15, 0.2) is 182 Å². The maximum Gasteiger partial charge on any atom is 0.164 e. The van der Waals surface area contributed by atoms with Gasteiger partial charge >= 0.3 is 0 Å². The number of fused-ring (bicyclic) bond motifs is 3. The van der Waals surface area contributed by atoms with Gasteiger partial charge in [-0.15, -0.1) is 11.3 Å². The second kappa shape index (κ2) is 14.0. The lowest BCUT2D eigenvalue weighted by molar-refractivity contribution is 1.07. The van der Waals surface area contributed by atoms with Gasteiger partial charge in [0, 0.05) is 53.6 Å². The number of aromatic nitrogens is 6. The van der Waals surface area contributed by atoms with Crippen LogP contribution in [0.25, 0.3) is 99.6 Å². The zero-order chi connectivity index (χ0) is 36.6. The summed E-state index contributed by atoms with van der Waals surface area (Å²) < 4.78 is 2.30. The summed E-state index contributed by atoms with van der Waals surface area (Å²) in [5, 5.41) is 2.17. The first kappa shape index (κ1) is 32.4. The summed E-state index contributed by atoms with van der Waals surface area (Å²) in [6, 6.07) is 61.8. The van der Waals surface area contributed by atoms with Crippen LogP contribution >= 0.6 is 11.3 Å². The molecule has 55 heavy (non-hydrogen) atoms. The van der Waals surface area contributed by atoms with E-state index in [2.05, 4.69) is 84.9 Å². The predicted octanol–water partition coefficient (Wildman–Crippen LogP) is 12.1. The van der Waals surface area contributed by atoms with Crippen LogP contribution in [-0.4, -0.2) is 29.9 Å². The molecule has 0 unspecified atom stereocenters. The van der Waals surface area contributed by atoms with Gasteiger partial charge in [0.2, 0.25) is 0 Å². The summed E-state index contributed by atoms with van der Waals surface area (Å²) in [5.41, 5.74) is 7.85. The van der Waals surface area contributed by atoms with Gasteiger partial charge in [-0.3, -0.25) is 0 Å². The van der Waals surface area contributed by atoms with E-state index in [1.165, 1.54) is 0 Å². The SMILES string of the molecule is c1ccc(-c2ccc(-c3nc(-c4ccccc4)nc(-c4cccc5sc6ccc(-c7nc(-c8ccccc8)nc(-c8ccccc8)n7)cc6c45)n3)cc2)cc1. The molecule has 0 saturated carbocycles. The summed E-state index contributed by atoms with van der Waals surface area (Å²) in [6.45, 7) is 0. The molecule has 6 nitrogen and oxygen atoms in total. The molecule has 0 bridgehead atoms. The molecule has 7 aromatic carbocycles. The fourth-order valence-corrected chi connectivity index (χ4v) is 7.99. The highest BCUT2D eigenvalue weighted by atomic mass is 32.1. The van der Waals surface area contributed by atoms with Crippen LogP contribution in [0, 0.1) is 0 Å². The van der Waals surface area contributed by atoms with Gasteiger partial charge in [0.15, 0.2) is 34.9 Å². The Balaban J connectivity index is 1.14. The first-order valence-electron chi connectivity index (χ1n) is 18.0. The van der Waals surface area contributed by atoms with Gasteiger partial charge < -0.3 is 0 Å². The van der Waals surface area contributed by atoms with Crippen molar-refractivity contribution in [3.63, 3.8) is 0 Å². The van der Waals surface area contributed by atoms with Gasteiger partial charge in [-0.1, -0.05) is 158 Å². The summed E-state index contributed by atoms with van der Waals surface area (Å²) >= 11 is 1.75. The quantitative estimate of drug-likeness (QED) is 0.163. The van der Waals surface area contributed by atoms with E-state index < -0.39 is 0 Å². The van der Waals surface area contributed by atoms with Crippen molar-refractivity contribution >= 4 is 31.5 Å². The van der Waals surface area contributed by atoms with Crippen molar-refractivity contribution in [2.45, 2.75) is 0 Å². The van der Waals surface area contributed by atoms with Gasteiger partial charge in [0.25, 0.3) is 0 Å². The van der Waals surface area contributed by atoms with E-state index >= 15 is 0 Å². The third-order valence-corrected chi connectivity index (χ3v) is 10.7. The largest absolute Gasteiger partial charge is 0.208 e. The fraction of sp³-hybridized carbons (Fsp3) is 0. The summed E-state index contributed by atoms with van der Waals surface area (Å²) in [5.74, 6) is 3.72. The van der Waals surface area contributed by atoms with Crippen molar-refractivity contribution in [1.29, 1.82) is 0 Å². The summed E-state index contributed by atoms with van der Waals surface area (Å²) in [7, 11) is 0. The third kappa shape index (κ3) is 6.33. The number of nitrogens with zero attached hydrogens (tertiary/aromatic N) is 6. The van der Waals surface area contributed by atoms with E-state index in [9.17, 15) is 0 Å². The molecule has 7 heteroatoms. The second-order valence-electron chi connectivity index (χ2n) is 13.1.